The van der Waals surface area contributed by atoms with Gasteiger partial charge in [-0.05, 0) is 30.4 Å². The lowest BCUT2D eigenvalue weighted by atomic mass is 9.91. The van der Waals surface area contributed by atoms with Crippen molar-refractivity contribution in [1.82, 2.24) is 25.0 Å². The lowest BCUT2D eigenvalue weighted by molar-refractivity contribution is -0.134. The summed E-state index contributed by atoms with van der Waals surface area (Å²) in [7, 11) is 0. The molecule has 33 heavy (non-hydrogen) atoms. The highest BCUT2D eigenvalue weighted by Crippen LogP contribution is 2.25. The van der Waals surface area contributed by atoms with E-state index in [1.807, 2.05) is 17.0 Å². The summed E-state index contributed by atoms with van der Waals surface area (Å²) in [5.41, 5.74) is 0.638. The Kier molecular flexibility index (Phi) is 7.54. The number of anilines is 1. The topological polar surface area (TPSA) is 72.0 Å². The number of nitrogens with one attached hydrogen (secondary N) is 1. The van der Waals surface area contributed by atoms with Crippen molar-refractivity contribution < 1.29 is 9.59 Å². The number of pyridine rings is 1. The van der Waals surface area contributed by atoms with E-state index in [2.05, 4.69) is 45.8 Å². The largest absolute Gasteiger partial charge is 0.354 e. The predicted molar refractivity (Wildman–Crippen MR) is 130 cm³/mol. The summed E-state index contributed by atoms with van der Waals surface area (Å²) >= 11 is 0. The maximum Gasteiger partial charge on any atom is 0.252 e. The smallest absolute Gasteiger partial charge is 0.252 e. The molecule has 182 valence electrons. The third-order valence-electron chi connectivity index (χ3n) is 7.10. The molecule has 2 amide bonds. The summed E-state index contributed by atoms with van der Waals surface area (Å²) in [4.78, 5) is 38.7. The molecule has 0 aromatic carbocycles. The number of rotatable bonds is 6. The minimum atomic E-state index is -0.0826. The van der Waals surface area contributed by atoms with Crippen LogP contribution in [0.3, 0.4) is 0 Å². The van der Waals surface area contributed by atoms with Gasteiger partial charge < -0.3 is 15.1 Å². The SMILES string of the molecule is CC(C)(C)CNC(=O)c1ccc(N2CCN(CC(=O)N3CCN(C4CCC4)CC3)CC2)nc1. The molecule has 0 unspecified atom stereocenters. The van der Waals surface area contributed by atoms with Gasteiger partial charge in [-0.25, -0.2) is 4.98 Å². The zero-order chi connectivity index (χ0) is 23.4. The molecule has 1 aromatic rings. The summed E-state index contributed by atoms with van der Waals surface area (Å²) in [5, 5.41) is 2.96. The van der Waals surface area contributed by atoms with E-state index in [0.717, 1.165) is 64.2 Å². The number of piperazine rings is 2. The maximum atomic E-state index is 12.8. The summed E-state index contributed by atoms with van der Waals surface area (Å²) in [6, 6.07) is 4.55. The molecule has 0 atom stereocenters. The molecule has 8 heteroatoms. The molecule has 3 fully saturated rings. The van der Waals surface area contributed by atoms with Crippen molar-refractivity contribution in [2.75, 3.05) is 70.3 Å². The molecular weight excluding hydrogens is 416 g/mol. The van der Waals surface area contributed by atoms with E-state index in [1.165, 1.54) is 19.3 Å². The van der Waals surface area contributed by atoms with Gasteiger partial charge in [0.1, 0.15) is 5.82 Å². The molecule has 1 aromatic heterocycles. The van der Waals surface area contributed by atoms with Gasteiger partial charge >= 0.3 is 0 Å². The number of carbonyl (C=O) groups excluding carboxylic acids is 2. The van der Waals surface area contributed by atoms with Gasteiger partial charge in [-0.2, -0.15) is 0 Å². The Morgan fingerprint density at radius 1 is 1.00 bits per heavy atom. The maximum absolute atomic E-state index is 12.8. The summed E-state index contributed by atoms with van der Waals surface area (Å²) < 4.78 is 0. The Bertz CT molecular complexity index is 801. The fourth-order valence-electron chi connectivity index (χ4n) is 4.67. The van der Waals surface area contributed by atoms with Gasteiger partial charge in [0.25, 0.3) is 5.91 Å². The zero-order valence-electron chi connectivity index (χ0n) is 20.6. The molecule has 1 saturated carbocycles. The molecular formula is C25H40N6O2. The van der Waals surface area contributed by atoms with E-state index in [9.17, 15) is 9.59 Å². The number of carbonyl (C=O) groups is 2. The number of aromatic nitrogens is 1. The van der Waals surface area contributed by atoms with Gasteiger partial charge in [0.2, 0.25) is 5.91 Å². The molecule has 0 bridgehead atoms. The molecule has 1 aliphatic carbocycles. The van der Waals surface area contributed by atoms with Crippen LogP contribution in [0.5, 0.6) is 0 Å². The van der Waals surface area contributed by atoms with Crippen molar-refractivity contribution in [1.29, 1.82) is 0 Å². The van der Waals surface area contributed by atoms with Crippen LogP contribution in [-0.2, 0) is 4.79 Å². The fraction of sp³-hybridized carbons (Fsp3) is 0.720. The Balaban J connectivity index is 1.19. The molecule has 0 radical (unpaired) electrons. The van der Waals surface area contributed by atoms with E-state index < -0.39 is 0 Å². The first-order chi connectivity index (χ1) is 15.8. The van der Waals surface area contributed by atoms with Crippen molar-refractivity contribution >= 4 is 17.6 Å². The second-order valence-electron chi connectivity index (χ2n) is 10.9. The molecule has 8 nitrogen and oxygen atoms in total. The molecule has 1 N–H and O–H groups in total. The average molecular weight is 457 g/mol. The Morgan fingerprint density at radius 2 is 1.70 bits per heavy atom. The summed E-state index contributed by atoms with van der Waals surface area (Å²) in [6.07, 6.45) is 5.69. The first-order valence-corrected chi connectivity index (χ1v) is 12.5. The normalized spacial score (nSPS) is 21.1. The quantitative estimate of drug-likeness (QED) is 0.702. The number of amides is 2. The van der Waals surface area contributed by atoms with Crippen molar-refractivity contribution in [2.24, 2.45) is 5.41 Å². The van der Waals surface area contributed by atoms with Crippen LogP contribution in [0.2, 0.25) is 0 Å². The minimum Gasteiger partial charge on any atom is -0.354 e. The lowest BCUT2D eigenvalue weighted by Gasteiger charge is -2.43. The van der Waals surface area contributed by atoms with Gasteiger partial charge in [-0.15, -0.1) is 0 Å². The third-order valence-corrected chi connectivity index (χ3v) is 7.10. The highest BCUT2D eigenvalue weighted by Gasteiger charge is 2.30. The standard InChI is InChI=1S/C25H40N6O2/c1-25(2,3)19-27-24(33)20-7-8-22(26-17-20)30-11-9-28(10-12-30)18-23(32)31-15-13-29(14-16-31)21-5-4-6-21/h7-8,17,21H,4-6,9-16,18-19H2,1-3H3,(H,27,33). The van der Waals surface area contributed by atoms with Crippen LogP contribution in [0.15, 0.2) is 18.3 Å². The first kappa shape index (κ1) is 24.0. The monoisotopic (exact) mass is 456 g/mol. The number of hydrogen-bond acceptors (Lipinski definition) is 6. The molecule has 3 heterocycles. The van der Waals surface area contributed by atoms with Crippen LogP contribution in [-0.4, -0.2) is 103 Å². The first-order valence-electron chi connectivity index (χ1n) is 12.5. The van der Waals surface area contributed by atoms with Crippen LogP contribution in [0, 0.1) is 5.41 Å². The van der Waals surface area contributed by atoms with Crippen LogP contribution >= 0.6 is 0 Å². The Labute approximate surface area is 198 Å². The fourth-order valence-corrected chi connectivity index (χ4v) is 4.67. The highest BCUT2D eigenvalue weighted by atomic mass is 16.2. The van der Waals surface area contributed by atoms with E-state index in [0.29, 0.717) is 18.7 Å². The second-order valence-corrected chi connectivity index (χ2v) is 10.9. The molecule has 3 aliphatic rings. The van der Waals surface area contributed by atoms with Crippen LogP contribution in [0.4, 0.5) is 5.82 Å². The van der Waals surface area contributed by atoms with Gasteiger partial charge in [0, 0.05) is 71.1 Å². The predicted octanol–water partition coefficient (Wildman–Crippen LogP) is 1.68. The van der Waals surface area contributed by atoms with Crippen molar-refractivity contribution in [3.8, 4) is 0 Å². The minimum absolute atomic E-state index is 0.0501. The summed E-state index contributed by atoms with van der Waals surface area (Å²) in [5.74, 6) is 1.07. The lowest BCUT2D eigenvalue weighted by Crippen LogP contribution is -2.56. The highest BCUT2D eigenvalue weighted by molar-refractivity contribution is 5.94. The van der Waals surface area contributed by atoms with E-state index in [4.69, 9.17) is 0 Å². The Hall–Kier alpha value is -2.19. The number of hydrogen-bond donors (Lipinski definition) is 1. The second kappa shape index (κ2) is 10.4. The zero-order valence-corrected chi connectivity index (χ0v) is 20.6. The van der Waals surface area contributed by atoms with Crippen molar-refractivity contribution in [2.45, 2.75) is 46.1 Å². The summed E-state index contributed by atoms with van der Waals surface area (Å²) in [6.45, 7) is 14.6. The van der Waals surface area contributed by atoms with Gasteiger partial charge in [0.05, 0.1) is 12.1 Å². The van der Waals surface area contributed by atoms with Gasteiger partial charge in [-0.1, -0.05) is 27.2 Å². The van der Waals surface area contributed by atoms with E-state index in [1.54, 1.807) is 6.20 Å². The van der Waals surface area contributed by atoms with E-state index in [-0.39, 0.29) is 17.2 Å². The van der Waals surface area contributed by atoms with Crippen LogP contribution < -0.4 is 10.2 Å². The number of nitrogens with zero attached hydrogens (tertiary/aromatic N) is 5. The molecule has 4 rings (SSSR count). The average Bonchev–Trinajstić information content (AvgIpc) is 2.77. The van der Waals surface area contributed by atoms with Crippen LogP contribution in [0.25, 0.3) is 0 Å². The van der Waals surface area contributed by atoms with Gasteiger partial charge in [-0.3, -0.25) is 19.4 Å². The Morgan fingerprint density at radius 3 is 2.24 bits per heavy atom. The van der Waals surface area contributed by atoms with E-state index >= 15 is 0 Å². The van der Waals surface area contributed by atoms with Crippen molar-refractivity contribution in [3.63, 3.8) is 0 Å². The molecule has 2 saturated heterocycles. The van der Waals surface area contributed by atoms with Gasteiger partial charge in [0.15, 0.2) is 0 Å². The molecule has 2 aliphatic heterocycles. The van der Waals surface area contributed by atoms with Crippen molar-refractivity contribution in [3.05, 3.63) is 23.9 Å². The third kappa shape index (κ3) is 6.44. The molecule has 0 spiro atoms. The van der Waals surface area contributed by atoms with Crippen LogP contribution in [0.1, 0.15) is 50.4 Å².